The molecule has 0 unspecified atom stereocenters. The molecule has 3 nitrogen and oxygen atoms in total. The molecule has 17 heavy (non-hydrogen) atoms. The van der Waals surface area contributed by atoms with Gasteiger partial charge in [0.1, 0.15) is 0 Å². The predicted octanol–water partition coefficient (Wildman–Crippen LogP) is 2.55. The van der Waals surface area contributed by atoms with Crippen LogP contribution in [0.1, 0.15) is 20.8 Å². The molecule has 0 atom stereocenters. The topological polar surface area (TPSA) is 27.7 Å². The lowest BCUT2D eigenvalue weighted by Crippen LogP contribution is -2.45. The Morgan fingerprint density at radius 2 is 1.35 bits per heavy atom. The van der Waals surface area contributed by atoms with Crippen LogP contribution < -0.4 is 0 Å². The summed E-state index contributed by atoms with van der Waals surface area (Å²) in [7, 11) is -4.40. The third-order valence-corrected chi connectivity index (χ3v) is 6.84. The van der Waals surface area contributed by atoms with Crippen LogP contribution in [0.25, 0.3) is 0 Å². The van der Waals surface area contributed by atoms with Gasteiger partial charge in [-0.15, -0.1) is 12.0 Å². The molecule has 0 aliphatic rings. The van der Waals surface area contributed by atoms with E-state index in [9.17, 15) is 0 Å². The van der Waals surface area contributed by atoms with Crippen LogP contribution in [0, 0.1) is 12.0 Å². The Bertz CT molecular complexity index is 265. The van der Waals surface area contributed by atoms with E-state index in [-0.39, 0.29) is 0 Å². The first-order valence-corrected chi connectivity index (χ1v) is 10.9. The van der Waals surface area contributed by atoms with Crippen molar-refractivity contribution in [1.29, 1.82) is 0 Å². The second-order valence-electron chi connectivity index (χ2n) is 4.10. The minimum absolute atomic E-state index is 0.578. The van der Waals surface area contributed by atoms with Crippen molar-refractivity contribution < 1.29 is 13.3 Å². The van der Waals surface area contributed by atoms with E-state index < -0.39 is 16.9 Å². The molecule has 0 aromatic rings. The second-order valence-corrected chi connectivity index (χ2v) is 10.6. The van der Waals surface area contributed by atoms with Gasteiger partial charge in [0, 0.05) is 19.8 Å². The first-order chi connectivity index (χ1) is 7.95. The van der Waals surface area contributed by atoms with Gasteiger partial charge in [0.25, 0.3) is 0 Å². The normalized spacial score (nSPS) is 12.9. The number of rotatable bonds is 8. The van der Waals surface area contributed by atoms with Gasteiger partial charge in [0.2, 0.25) is 0 Å². The zero-order chi connectivity index (χ0) is 13.4. The van der Waals surface area contributed by atoms with Crippen LogP contribution in [0.2, 0.25) is 13.1 Å². The summed E-state index contributed by atoms with van der Waals surface area (Å²) in [6.45, 7) is 11.8. The van der Waals surface area contributed by atoms with Crippen molar-refractivity contribution in [3.05, 3.63) is 11.4 Å². The maximum absolute atomic E-state index is 5.71. The van der Waals surface area contributed by atoms with Crippen molar-refractivity contribution >= 4 is 16.9 Å². The molecule has 0 amide bonds. The van der Waals surface area contributed by atoms with Crippen molar-refractivity contribution in [3.63, 3.8) is 0 Å². The first-order valence-electron chi connectivity index (χ1n) is 6.05. The highest BCUT2D eigenvalue weighted by Crippen LogP contribution is 2.14. The maximum Gasteiger partial charge on any atom is 0.528 e. The van der Waals surface area contributed by atoms with Gasteiger partial charge in [-0.2, -0.15) is 0 Å². The fraction of sp³-hybridized carbons (Fsp3) is 0.667. The van der Waals surface area contributed by atoms with Gasteiger partial charge in [0.15, 0.2) is 8.07 Å². The van der Waals surface area contributed by atoms with Gasteiger partial charge in [-0.25, -0.2) is 0 Å². The van der Waals surface area contributed by atoms with E-state index in [0.717, 1.165) is 0 Å². The van der Waals surface area contributed by atoms with E-state index in [4.69, 9.17) is 19.7 Å². The molecule has 0 aromatic heterocycles. The SMILES string of the molecule is C#C[Si](C)(C)/C=C/[Si](OCC)(OCC)OCC. The van der Waals surface area contributed by atoms with Crippen LogP contribution in [0.5, 0.6) is 0 Å². The molecule has 0 rings (SSSR count). The molecule has 0 aliphatic carbocycles. The van der Waals surface area contributed by atoms with Crippen LogP contribution in [-0.2, 0) is 13.3 Å². The van der Waals surface area contributed by atoms with Crippen LogP contribution in [0.4, 0.5) is 0 Å². The standard InChI is InChI=1S/C12H24O3Si2/c1-7-13-17(14-8-2,15-9-3)12-11-16(5,6)10-4/h4,11-12H,7-9H2,1-3,5-6H3/b12-11+. The Morgan fingerprint density at radius 1 is 0.941 bits per heavy atom. The zero-order valence-corrected chi connectivity index (χ0v) is 13.6. The summed E-state index contributed by atoms with van der Waals surface area (Å²) in [5, 5.41) is 0. The lowest BCUT2D eigenvalue weighted by molar-refractivity contribution is 0.0843. The summed E-state index contributed by atoms with van der Waals surface area (Å²) in [6, 6.07) is 0. The van der Waals surface area contributed by atoms with Crippen molar-refractivity contribution in [3.8, 4) is 12.0 Å². The monoisotopic (exact) mass is 272 g/mol. The van der Waals surface area contributed by atoms with E-state index >= 15 is 0 Å². The van der Waals surface area contributed by atoms with E-state index in [0.29, 0.717) is 19.8 Å². The molecule has 0 aromatic carbocycles. The first kappa shape index (κ1) is 16.6. The fourth-order valence-corrected chi connectivity index (χ4v) is 5.56. The minimum Gasteiger partial charge on any atom is -0.371 e. The van der Waals surface area contributed by atoms with Gasteiger partial charge in [-0.3, -0.25) is 0 Å². The van der Waals surface area contributed by atoms with Gasteiger partial charge in [-0.1, -0.05) is 18.8 Å². The Labute approximate surface area is 108 Å². The molecular formula is C12H24O3Si2. The molecule has 0 fully saturated rings. The van der Waals surface area contributed by atoms with Gasteiger partial charge in [-0.05, 0) is 26.5 Å². The zero-order valence-electron chi connectivity index (χ0n) is 11.6. The molecule has 5 heteroatoms. The Balaban J connectivity index is 4.95. The van der Waals surface area contributed by atoms with Crippen molar-refractivity contribution in [2.75, 3.05) is 19.8 Å². The summed E-state index contributed by atoms with van der Waals surface area (Å²) in [5.74, 6) is 0. The molecule has 0 N–H and O–H groups in total. The minimum atomic E-state index is -2.66. The highest BCUT2D eigenvalue weighted by atomic mass is 28.4. The van der Waals surface area contributed by atoms with E-state index in [1.54, 1.807) is 0 Å². The van der Waals surface area contributed by atoms with Crippen LogP contribution in [-0.4, -0.2) is 36.7 Å². The average molecular weight is 272 g/mol. The van der Waals surface area contributed by atoms with Gasteiger partial charge in [0.05, 0.1) is 0 Å². The lowest BCUT2D eigenvalue weighted by Gasteiger charge is -2.26. The van der Waals surface area contributed by atoms with E-state index in [2.05, 4.69) is 24.3 Å². The molecule has 98 valence electrons. The third kappa shape index (κ3) is 6.19. The lowest BCUT2D eigenvalue weighted by atomic mass is 10.9. The third-order valence-electron chi connectivity index (χ3n) is 2.11. The summed E-state index contributed by atoms with van der Waals surface area (Å²) < 4.78 is 17.1. The average Bonchev–Trinajstić information content (AvgIpc) is 2.28. The molecule has 0 heterocycles. The second kappa shape index (κ2) is 7.85. The number of hydrogen-bond acceptors (Lipinski definition) is 3. The summed E-state index contributed by atoms with van der Waals surface area (Å²) >= 11 is 0. The van der Waals surface area contributed by atoms with Gasteiger partial charge >= 0.3 is 8.80 Å². The summed E-state index contributed by atoms with van der Waals surface area (Å²) in [6.07, 6.45) is 5.51. The quantitative estimate of drug-likeness (QED) is 0.502. The predicted molar refractivity (Wildman–Crippen MR) is 76.1 cm³/mol. The Kier molecular flexibility index (Phi) is 7.67. The van der Waals surface area contributed by atoms with Crippen molar-refractivity contribution in [2.45, 2.75) is 33.9 Å². The van der Waals surface area contributed by atoms with Crippen molar-refractivity contribution in [1.82, 2.24) is 0 Å². The number of terminal acetylenes is 1. The molecule has 0 saturated carbocycles. The van der Waals surface area contributed by atoms with E-state index in [1.165, 1.54) is 0 Å². The molecule has 0 radical (unpaired) electrons. The summed E-state index contributed by atoms with van der Waals surface area (Å²) in [5.41, 5.74) is 6.87. The molecule has 0 saturated heterocycles. The number of hydrogen-bond donors (Lipinski definition) is 0. The van der Waals surface area contributed by atoms with Crippen molar-refractivity contribution in [2.24, 2.45) is 0 Å². The molecule has 0 aliphatic heterocycles. The molecule has 0 spiro atoms. The Morgan fingerprint density at radius 3 is 1.65 bits per heavy atom. The smallest absolute Gasteiger partial charge is 0.371 e. The molecule has 0 bridgehead atoms. The highest BCUT2D eigenvalue weighted by molar-refractivity contribution is 6.90. The highest BCUT2D eigenvalue weighted by Gasteiger charge is 2.38. The maximum atomic E-state index is 5.71. The Hall–Kier alpha value is -0.386. The van der Waals surface area contributed by atoms with E-state index in [1.807, 2.05) is 26.5 Å². The summed E-state index contributed by atoms with van der Waals surface area (Å²) in [4.78, 5) is 0. The molecular weight excluding hydrogens is 248 g/mol. The van der Waals surface area contributed by atoms with Crippen LogP contribution in [0.3, 0.4) is 0 Å². The fourth-order valence-electron chi connectivity index (χ4n) is 1.23. The van der Waals surface area contributed by atoms with Gasteiger partial charge < -0.3 is 13.3 Å². The van der Waals surface area contributed by atoms with Crippen LogP contribution in [0.15, 0.2) is 11.4 Å². The largest absolute Gasteiger partial charge is 0.528 e. The van der Waals surface area contributed by atoms with Crippen LogP contribution >= 0.6 is 0 Å².